The molecule has 2 aromatic carbocycles. The fourth-order valence-electron chi connectivity index (χ4n) is 2.31. The van der Waals surface area contributed by atoms with E-state index in [-0.39, 0.29) is 12.1 Å². The van der Waals surface area contributed by atoms with Gasteiger partial charge in [-0.2, -0.15) is 15.0 Å². The van der Waals surface area contributed by atoms with Crippen molar-refractivity contribution in [2.45, 2.75) is 12.6 Å². The van der Waals surface area contributed by atoms with Crippen LogP contribution in [-0.2, 0) is 6.54 Å². The second-order valence-corrected chi connectivity index (χ2v) is 5.59. The molecule has 0 bridgehead atoms. The van der Waals surface area contributed by atoms with E-state index in [1.54, 1.807) is 36.7 Å². The van der Waals surface area contributed by atoms with E-state index in [1.165, 1.54) is 4.80 Å². The van der Waals surface area contributed by atoms with Crippen molar-refractivity contribution >= 4 is 23.3 Å². The zero-order valence-corrected chi connectivity index (χ0v) is 13.5. The van der Waals surface area contributed by atoms with Crippen molar-refractivity contribution in [2.24, 2.45) is 0 Å². The predicted molar refractivity (Wildman–Crippen MR) is 92.8 cm³/mol. The smallest absolute Gasteiger partial charge is 0.319 e. The summed E-state index contributed by atoms with van der Waals surface area (Å²) in [6.45, 7) is 0.431. The molecule has 1 heterocycles. The van der Waals surface area contributed by atoms with Gasteiger partial charge in [0.25, 0.3) is 0 Å². The molecule has 7 heteroatoms. The number of carbonyl (C=O) groups is 1. The zero-order chi connectivity index (χ0) is 16.8. The van der Waals surface area contributed by atoms with Crippen LogP contribution in [0.15, 0.2) is 67.0 Å². The van der Waals surface area contributed by atoms with E-state index in [0.717, 1.165) is 5.56 Å². The van der Waals surface area contributed by atoms with Gasteiger partial charge in [-0.15, -0.1) is 0 Å². The van der Waals surface area contributed by atoms with Gasteiger partial charge in [-0.3, -0.25) is 0 Å². The first kappa shape index (κ1) is 16.0. The lowest BCUT2D eigenvalue weighted by molar-refractivity contribution is 0.246. The Morgan fingerprint density at radius 1 is 1.08 bits per heavy atom. The summed E-state index contributed by atoms with van der Waals surface area (Å²) in [7, 11) is 0. The van der Waals surface area contributed by atoms with Crippen LogP contribution < -0.4 is 10.6 Å². The minimum atomic E-state index is -0.321. The molecule has 0 saturated heterocycles. The number of amides is 2. The average molecular weight is 342 g/mol. The van der Waals surface area contributed by atoms with Crippen molar-refractivity contribution in [3.8, 4) is 0 Å². The minimum absolute atomic E-state index is 0.266. The van der Waals surface area contributed by atoms with Gasteiger partial charge < -0.3 is 10.6 Å². The fourth-order valence-corrected chi connectivity index (χ4v) is 2.50. The molecule has 6 nitrogen and oxygen atoms in total. The molecule has 1 atom stereocenters. The first-order chi connectivity index (χ1) is 11.7. The Bertz CT molecular complexity index is 792. The van der Waals surface area contributed by atoms with Gasteiger partial charge in [-0.1, -0.05) is 48.0 Å². The highest BCUT2D eigenvalue weighted by Gasteiger charge is 2.16. The lowest BCUT2D eigenvalue weighted by Gasteiger charge is -2.19. The molecule has 0 spiro atoms. The molecule has 3 aromatic rings. The quantitative estimate of drug-likeness (QED) is 0.746. The van der Waals surface area contributed by atoms with Crippen LogP contribution >= 0.6 is 11.6 Å². The van der Waals surface area contributed by atoms with E-state index < -0.39 is 0 Å². The Kier molecular flexibility index (Phi) is 5.08. The third kappa shape index (κ3) is 4.33. The van der Waals surface area contributed by atoms with E-state index >= 15 is 0 Å². The van der Waals surface area contributed by atoms with Crippen LogP contribution in [-0.4, -0.2) is 21.0 Å². The van der Waals surface area contributed by atoms with Crippen molar-refractivity contribution in [2.75, 3.05) is 5.32 Å². The lowest BCUT2D eigenvalue weighted by atomic mass is 10.1. The van der Waals surface area contributed by atoms with E-state index in [4.69, 9.17) is 11.6 Å². The number of carbonyl (C=O) groups excluding carboxylic acids is 1. The molecule has 3 rings (SSSR count). The van der Waals surface area contributed by atoms with Crippen LogP contribution in [0.25, 0.3) is 0 Å². The lowest BCUT2D eigenvalue weighted by Crippen LogP contribution is -2.35. The molecular formula is C17H16ClN5O. The first-order valence-corrected chi connectivity index (χ1v) is 7.80. The zero-order valence-electron chi connectivity index (χ0n) is 12.8. The van der Waals surface area contributed by atoms with Crippen LogP contribution in [0.3, 0.4) is 0 Å². The average Bonchev–Trinajstić information content (AvgIpc) is 3.08. The van der Waals surface area contributed by atoms with Gasteiger partial charge in [0.15, 0.2) is 0 Å². The van der Waals surface area contributed by atoms with Gasteiger partial charge in [0, 0.05) is 10.7 Å². The molecule has 1 unspecified atom stereocenters. The molecule has 1 aromatic heterocycles. The summed E-state index contributed by atoms with van der Waals surface area (Å²) in [5.41, 5.74) is 1.60. The van der Waals surface area contributed by atoms with Gasteiger partial charge in [-0.25, -0.2) is 4.79 Å². The third-order valence-corrected chi connectivity index (χ3v) is 3.64. The Balaban J connectivity index is 1.72. The van der Waals surface area contributed by atoms with Crippen LogP contribution in [0.1, 0.15) is 11.6 Å². The molecule has 122 valence electrons. The van der Waals surface area contributed by atoms with E-state index in [9.17, 15) is 4.79 Å². The van der Waals surface area contributed by atoms with Crippen molar-refractivity contribution in [1.29, 1.82) is 0 Å². The topological polar surface area (TPSA) is 71.8 Å². The summed E-state index contributed by atoms with van der Waals surface area (Å²) in [6, 6.07) is 16.1. The van der Waals surface area contributed by atoms with Gasteiger partial charge in [0.05, 0.1) is 25.0 Å². The summed E-state index contributed by atoms with van der Waals surface area (Å²) in [6.07, 6.45) is 3.21. The summed E-state index contributed by atoms with van der Waals surface area (Å²) >= 11 is 5.93. The molecule has 0 aliphatic carbocycles. The Morgan fingerprint density at radius 2 is 1.83 bits per heavy atom. The fraction of sp³-hybridized carbons (Fsp3) is 0.118. The van der Waals surface area contributed by atoms with Gasteiger partial charge in [0.2, 0.25) is 0 Å². The monoisotopic (exact) mass is 341 g/mol. The molecule has 2 N–H and O–H groups in total. The molecule has 2 amide bonds. The number of benzene rings is 2. The number of hydrogen-bond donors (Lipinski definition) is 2. The number of halogens is 1. The highest BCUT2D eigenvalue weighted by molar-refractivity contribution is 6.30. The Labute approximate surface area is 144 Å². The number of nitrogens with one attached hydrogen (secondary N) is 2. The van der Waals surface area contributed by atoms with Gasteiger partial charge in [0.1, 0.15) is 0 Å². The SMILES string of the molecule is O=C(Nc1cccc(Cl)c1)NC(Cn1nccn1)c1ccccc1. The summed E-state index contributed by atoms with van der Waals surface area (Å²) in [5, 5.41) is 14.5. The summed E-state index contributed by atoms with van der Waals surface area (Å²) in [5.74, 6) is 0. The predicted octanol–water partition coefficient (Wildman–Crippen LogP) is 3.49. The second kappa shape index (κ2) is 7.61. The Hall–Kier alpha value is -2.86. The van der Waals surface area contributed by atoms with E-state index in [0.29, 0.717) is 17.3 Å². The first-order valence-electron chi connectivity index (χ1n) is 7.43. The molecule has 0 aliphatic rings. The molecular weight excluding hydrogens is 326 g/mol. The van der Waals surface area contributed by atoms with Crippen LogP contribution in [0.5, 0.6) is 0 Å². The number of anilines is 1. The van der Waals surface area contributed by atoms with Crippen LogP contribution in [0.4, 0.5) is 10.5 Å². The standard InChI is InChI=1S/C17H16ClN5O/c18-14-7-4-8-15(11-14)21-17(24)22-16(12-23-19-9-10-20-23)13-5-2-1-3-6-13/h1-11,16H,12H2,(H2,21,22,24). The van der Waals surface area contributed by atoms with Crippen molar-refractivity contribution < 1.29 is 4.79 Å². The summed E-state index contributed by atoms with van der Waals surface area (Å²) in [4.78, 5) is 13.9. The number of aromatic nitrogens is 3. The maximum atomic E-state index is 12.3. The maximum Gasteiger partial charge on any atom is 0.319 e. The maximum absolute atomic E-state index is 12.3. The number of hydrogen-bond acceptors (Lipinski definition) is 3. The number of rotatable bonds is 5. The minimum Gasteiger partial charge on any atom is -0.329 e. The second-order valence-electron chi connectivity index (χ2n) is 5.16. The van der Waals surface area contributed by atoms with Crippen molar-refractivity contribution in [3.05, 3.63) is 77.6 Å². The molecule has 0 aliphatic heterocycles. The van der Waals surface area contributed by atoms with E-state index in [1.807, 2.05) is 30.3 Å². The van der Waals surface area contributed by atoms with E-state index in [2.05, 4.69) is 20.8 Å². The van der Waals surface area contributed by atoms with Crippen molar-refractivity contribution in [3.63, 3.8) is 0 Å². The van der Waals surface area contributed by atoms with Crippen LogP contribution in [0.2, 0.25) is 5.02 Å². The number of nitrogens with zero attached hydrogens (tertiary/aromatic N) is 3. The highest BCUT2D eigenvalue weighted by atomic mass is 35.5. The Morgan fingerprint density at radius 3 is 2.54 bits per heavy atom. The third-order valence-electron chi connectivity index (χ3n) is 3.40. The normalized spacial score (nSPS) is 11.7. The van der Waals surface area contributed by atoms with Crippen LogP contribution in [0, 0.1) is 0 Å². The molecule has 0 fully saturated rings. The number of urea groups is 1. The molecule has 0 saturated carbocycles. The van der Waals surface area contributed by atoms with Crippen molar-refractivity contribution in [1.82, 2.24) is 20.3 Å². The molecule has 24 heavy (non-hydrogen) atoms. The van der Waals surface area contributed by atoms with Gasteiger partial charge in [-0.05, 0) is 23.8 Å². The molecule has 0 radical (unpaired) electrons. The van der Waals surface area contributed by atoms with Gasteiger partial charge >= 0.3 is 6.03 Å². The largest absolute Gasteiger partial charge is 0.329 e. The summed E-state index contributed by atoms with van der Waals surface area (Å²) < 4.78 is 0. The highest BCUT2D eigenvalue weighted by Crippen LogP contribution is 2.17.